The molecule has 150 valence electrons. The second kappa shape index (κ2) is 10.0. The summed E-state index contributed by atoms with van der Waals surface area (Å²) in [6, 6.07) is 1.04. The number of carbonyl (C=O) groups excluding carboxylic acids is 1. The van der Waals surface area contributed by atoms with Crippen LogP contribution in [0.15, 0.2) is 0 Å². The van der Waals surface area contributed by atoms with Gasteiger partial charge in [-0.1, -0.05) is 6.92 Å². The van der Waals surface area contributed by atoms with Crippen molar-refractivity contribution in [1.29, 1.82) is 0 Å². The fraction of sp³-hybridized carbons (Fsp3) is 0.952. The summed E-state index contributed by atoms with van der Waals surface area (Å²) in [7, 11) is 0. The van der Waals surface area contributed by atoms with Crippen molar-refractivity contribution in [2.45, 2.75) is 70.9 Å². The molecule has 1 amide bonds. The minimum Gasteiger partial charge on any atom is -0.338 e. The van der Waals surface area contributed by atoms with E-state index >= 15 is 0 Å². The van der Waals surface area contributed by atoms with Crippen molar-refractivity contribution in [2.75, 3.05) is 52.4 Å². The van der Waals surface area contributed by atoms with Gasteiger partial charge in [0, 0.05) is 18.6 Å². The lowest BCUT2D eigenvalue weighted by atomic mass is 9.99. The Bertz CT molecular complexity index is 424. The number of carbonyl (C=O) groups is 1. The first-order valence-electron chi connectivity index (χ1n) is 11.1. The Morgan fingerprint density at radius 1 is 1.08 bits per heavy atom. The van der Waals surface area contributed by atoms with E-state index in [1.54, 1.807) is 0 Å². The smallest absolute Gasteiger partial charge is 0.236 e. The molecule has 0 aromatic rings. The molecule has 0 aliphatic carbocycles. The molecular formula is C21H40N4O. The van der Waals surface area contributed by atoms with Crippen LogP contribution in [0.1, 0.15) is 58.8 Å². The van der Waals surface area contributed by atoms with E-state index in [0.717, 1.165) is 57.9 Å². The van der Waals surface area contributed by atoms with Gasteiger partial charge >= 0.3 is 0 Å². The van der Waals surface area contributed by atoms with Gasteiger partial charge in [0.25, 0.3) is 0 Å². The van der Waals surface area contributed by atoms with E-state index in [-0.39, 0.29) is 0 Å². The summed E-state index contributed by atoms with van der Waals surface area (Å²) in [4.78, 5) is 20.4. The minimum absolute atomic E-state index is 0.375. The molecule has 1 atom stereocenters. The number of nitrogens with one attached hydrogen (secondary N) is 1. The van der Waals surface area contributed by atoms with Crippen LogP contribution in [0.4, 0.5) is 0 Å². The zero-order valence-electron chi connectivity index (χ0n) is 17.1. The molecule has 0 bridgehead atoms. The standard InChI is InChI=1S/C21H40N4O/c1-18-7-14-23(15-8-18)17-21(26)25(20-5-10-22-11-6-20)16-9-19(2)24-12-3-4-13-24/h18-20,22H,3-17H2,1-2H3. The summed E-state index contributed by atoms with van der Waals surface area (Å²) in [6.07, 6.45) is 8.51. The first kappa shape index (κ1) is 20.1. The largest absolute Gasteiger partial charge is 0.338 e. The van der Waals surface area contributed by atoms with Crippen LogP contribution in [0.3, 0.4) is 0 Å². The number of likely N-dealkylation sites (tertiary alicyclic amines) is 2. The molecule has 3 aliphatic rings. The normalized spacial score (nSPS) is 25.5. The minimum atomic E-state index is 0.375. The highest BCUT2D eigenvalue weighted by atomic mass is 16.2. The highest BCUT2D eigenvalue weighted by Gasteiger charge is 2.28. The monoisotopic (exact) mass is 364 g/mol. The molecule has 0 radical (unpaired) electrons. The summed E-state index contributed by atoms with van der Waals surface area (Å²) >= 11 is 0. The van der Waals surface area contributed by atoms with E-state index in [4.69, 9.17) is 0 Å². The quantitative estimate of drug-likeness (QED) is 0.751. The van der Waals surface area contributed by atoms with Crippen LogP contribution >= 0.6 is 0 Å². The molecule has 0 aromatic carbocycles. The van der Waals surface area contributed by atoms with E-state index < -0.39 is 0 Å². The van der Waals surface area contributed by atoms with E-state index in [9.17, 15) is 4.79 Å². The summed E-state index contributed by atoms with van der Waals surface area (Å²) in [5, 5.41) is 3.45. The summed E-state index contributed by atoms with van der Waals surface area (Å²) in [6.45, 7) is 13.0. The van der Waals surface area contributed by atoms with Crippen LogP contribution in [-0.4, -0.2) is 85.0 Å². The van der Waals surface area contributed by atoms with Gasteiger partial charge in [0.05, 0.1) is 6.54 Å². The topological polar surface area (TPSA) is 38.8 Å². The van der Waals surface area contributed by atoms with Crippen molar-refractivity contribution >= 4 is 5.91 Å². The molecule has 3 fully saturated rings. The molecule has 1 unspecified atom stereocenters. The molecule has 0 spiro atoms. The Balaban J connectivity index is 1.54. The van der Waals surface area contributed by atoms with Gasteiger partial charge in [-0.15, -0.1) is 0 Å². The van der Waals surface area contributed by atoms with Gasteiger partial charge in [0.2, 0.25) is 5.91 Å². The first-order valence-corrected chi connectivity index (χ1v) is 11.1. The zero-order chi connectivity index (χ0) is 18.4. The second-order valence-electron chi connectivity index (χ2n) is 8.91. The molecule has 3 aliphatic heterocycles. The molecule has 3 rings (SSSR count). The maximum absolute atomic E-state index is 13.2. The molecule has 5 nitrogen and oxygen atoms in total. The van der Waals surface area contributed by atoms with E-state index in [1.165, 1.54) is 38.8 Å². The van der Waals surface area contributed by atoms with Crippen molar-refractivity contribution < 1.29 is 4.79 Å². The maximum atomic E-state index is 13.2. The average Bonchev–Trinajstić information content (AvgIpc) is 3.19. The van der Waals surface area contributed by atoms with E-state index in [2.05, 4.69) is 33.9 Å². The van der Waals surface area contributed by atoms with Gasteiger partial charge in [-0.3, -0.25) is 9.69 Å². The van der Waals surface area contributed by atoms with Crippen LogP contribution in [-0.2, 0) is 4.79 Å². The molecule has 0 saturated carbocycles. The summed E-state index contributed by atoms with van der Waals surface area (Å²) in [5.74, 6) is 1.20. The number of rotatable bonds is 7. The van der Waals surface area contributed by atoms with Crippen LogP contribution in [0, 0.1) is 5.92 Å². The maximum Gasteiger partial charge on any atom is 0.236 e. The molecule has 3 saturated heterocycles. The number of hydrogen-bond donors (Lipinski definition) is 1. The van der Waals surface area contributed by atoms with Crippen LogP contribution in [0.5, 0.6) is 0 Å². The lowest BCUT2D eigenvalue weighted by Gasteiger charge is -2.38. The lowest BCUT2D eigenvalue weighted by Crippen LogP contribution is -2.51. The third kappa shape index (κ3) is 5.67. The lowest BCUT2D eigenvalue weighted by molar-refractivity contribution is -0.136. The third-order valence-electron chi connectivity index (χ3n) is 6.86. The van der Waals surface area contributed by atoms with Crippen molar-refractivity contribution in [3.05, 3.63) is 0 Å². The molecule has 3 heterocycles. The fourth-order valence-electron chi connectivity index (χ4n) is 4.82. The number of hydrogen-bond acceptors (Lipinski definition) is 4. The Labute approximate surface area is 160 Å². The second-order valence-corrected chi connectivity index (χ2v) is 8.91. The van der Waals surface area contributed by atoms with Gasteiger partial charge in [-0.2, -0.15) is 0 Å². The highest BCUT2D eigenvalue weighted by molar-refractivity contribution is 5.78. The number of piperidine rings is 2. The predicted molar refractivity (Wildman–Crippen MR) is 107 cm³/mol. The van der Waals surface area contributed by atoms with Crippen molar-refractivity contribution in [1.82, 2.24) is 20.0 Å². The summed E-state index contributed by atoms with van der Waals surface area (Å²) in [5.41, 5.74) is 0. The van der Waals surface area contributed by atoms with Gasteiger partial charge in [-0.25, -0.2) is 0 Å². The Morgan fingerprint density at radius 2 is 1.73 bits per heavy atom. The number of nitrogens with zero attached hydrogens (tertiary/aromatic N) is 3. The van der Waals surface area contributed by atoms with Crippen molar-refractivity contribution in [2.24, 2.45) is 5.92 Å². The number of amides is 1. The van der Waals surface area contributed by atoms with Gasteiger partial charge in [0.1, 0.15) is 0 Å². The predicted octanol–water partition coefficient (Wildman–Crippen LogP) is 2.17. The van der Waals surface area contributed by atoms with Gasteiger partial charge in [0.15, 0.2) is 0 Å². The SMILES string of the molecule is CC1CCN(CC(=O)N(CCC(C)N2CCCC2)C2CCNCC2)CC1. The van der Waals surface area contributed by atoms with E-state index in [0.29, 0.717) is 24.5 Å². The molecular weight excluding hydrogens is 324 g/mol. The molecule has 5 heteroatoms. The molecule has 0 aromatic heterocycles. The Morgan fingerprint density at radius 3 is 2.38 bits per heavy atom. The zero-order valence-corrected chi connectivity index (χ0v) is 17.1. The Hall–Kier alpha value is -0.650. The van der Waals surface area contributed by atoms with Gasteiger partial charge in [-0.05, 0) is 97.1 Å². The molecule has 1 N–H and O–H groups in total. The van der Waals surface area contributed by atoms with Crippen molar-refractivity contribution in [3.8, 4) is 0 Å². The van der Waals surface area contributed by atoms with Crippen LogP contribution < -0.4 is 5.32 Å². The summed E-state index contributed by atoms with van der Waals surface area (Å²) < 4.78 is 0. The highest BCUT2D eigenvalue weighted by Crippen LogP contribution is 2.19. The first-order chi connectivity index (χ1) is 12.6. The van der Waals surface area contributed by atoms with Crippen molar-refractivity contribution in [3.63, 3.8) is 0 Å². The third-order valence-corrected chi connectivity index (χ3v) is 6.86. The van der Waals surface area contributed by atoms with Crippen LogP contribution in [0.2, 0.25) is 0 Å². The Kier molecular flexibility index (Phi) is 7.77. The van der Waals surface area contributed by atoms with E-state index in [1.807, 2.05) is 0 Å². The van der Waals surface area contributed by atoms with Gasteiger partial charge < -0.3 is 15.1 Å². The van der Waals surface area contributed by atoms with Crippen LogP contribution in [0.25, 0.3) is 0 Å². The molecule has 26 heavy (non-hydrogen) atoms. The average molecular weight is 365 g/mol. The fourth-order valence-corrected chi connectivity index (χ4v) is 4.82.